The monoisotopic (exact) mass is 243 g/mol. The number of amides is 1. The fraction of sp³-hybridized carbons (Fsp3) is 0.833. The highest BCUT2D eigenvalue weighted by Crippen LogP contribution is 2.28. The molecule has 0 rings (SSSR count). The first-order valence-electron chi connectivity index (χ1n) is 5.93. The Morgan fingerprint density at radius 2 is 1.76 bits per heavy atom. The lowest BCUT2D eigenvalue weighted by Crippen LogP contribution is -2.54. The molecular formula is C12H25N3O2. The van der Waals surface area contributed by atoms with Crippen LogP contribution in [0.4, 0.5) is 0 Å². The van der Waals surface area contributed by atoms with E-state index in [0.717, 1.165) is 6.42 Å². The zero-order chi connectivity index (χ0) is 13.9. The molecule has 1 unspecified atom stereocenters. The number of nitrogens with two attached hydrogens (primary N) is 1. The van der Waals surface area contributed by atoms with E-state index in [2.05, 4.69) is 5.16 Å². The molecule has 1 amide bonds. The Hall–Kier alpha value is -1.26. The molecule has 5 nitrogen and oxygen atoms in total. The Kier molecular flexibility index (Phi) is 4.98. The molecule has 17 heavy (non-hydrogen) atoms. The van der Waals surface area contributed by atoms with Crippen molar-refractivity contribution in [2.75, 3.05) is 7.05 Å². The van der Waals surface area contributed by atoms with Gasteiger partial charge >= 0.3 is 0 Å². The molecule has 0 radical (unpaired) electrons. The van der Waals surface area contributed by atoms with Gasteiger partial charge in [-0.25, -0.2) is 0 Å². The van der Waals surface area contributed by atoms with Crippen LogP contribution in [-0.2, 0) is 4.79 Å². The maximum absolute atomic E-state index is 12.5. The van der Waals surface area contributed by atoms with Gasteiger partial charge in [0.2, 0.25) is 5.91 Å². The zero-order valence-electron chi connectivity index (χ0n) is 11.7. The molecule has 0 aromatic carbocycles. The Balaban J connectivity index is 5.28. The molecule has 0 aliphatic carbocycles. The van der Waals surface area contributed by atoms with Crippen LogP contribution < -0.4 is 5.73 Å². The lowest BCUT2D eigenvalue weighted by molar-refractivity contribution is -0.141. The first kappa shape index (κ1) is 15.7. The number of oxime groups is 1. The molecule has 0 aromatic rings. The Morgan fingerprint density at radius 3 is 2.06 bits per heavy atom. The van der Waals surface area contributed by atoms with Gasteiger partial charge in [0, 0.05) is 12.6 Å². The lowest BCUT2D eigenvalue weighted by Gasteiger charge is -2.40. The van der Waals surface area contributed by atoms with Gasteiger partial charge in [-0.1, -0.05) is 19.0 Å². The smallest absolute Gasteiger partial charge is 0.236 e. The van der Waals surface area contributed by atoms with E-state index in [1.165, 1.54) is 0 Å². The second-order valence-electron chi connectivity index (χ2n) is 5.20. The average molecular weight is 243 g/mol. The summed E-state index contributed by atoms with van der Waals surface area (Å²) in [6, 6.07) is 0. The van der Waals surface area contributed by atoms with Gasteiger partial charge in [-0.15, -0.1) is 0 Å². The van der Waals surface area contributed by atoms with Crippen LogP contribution in [0.5, 0.6) is 0 Å². The van der Waals surface area contributed by atoms with Crippen molar-refractivity contribution in [3.05, 3.63) is 0 Å². The SMILES string of the molecule is CCC(C)(C(=O)N(C)C(C)(C)CC)C(N)=NO. The Bertz CT molecular complexity index is 313. The minimum atomic E-state index is -0.948. The molecule has 0 saturated carbocycles. The van der Waals surface area contributed by atoms with Crippen LogP contribution in [0.15, 0.2) is 5.16 Å². The molecule has 3 N–H and O–H groups in total. The minimum Gasteiger partial charge on any atom is -0.409 e. The predicted molar refractivity (Wildman–Crippen MR) is 68.9 cm³/mol. The van der Waals surface area contributed by atoms with Crippen LogP contribution in [0, 0.1) is 5.41 Å². The van der Waals surface area contributed by atoms with E-state index in [-0.39, 0.29) is 17.3 Å². The van der Waals surface area contributed by atoms with Crippen molar-refractivity contribution in [3.63, 3.8) is 0 Å². The molecule has 100 valence electrons. The highest BCUT2D eigenvalue weighted by Gasteiger charge is 2.41. The fourth-order valence-electron chi connectivity index (χ4n) is 1.43. The van der Waals surface area contributed by atoms with Gasteiger partial charge in [0.25, 0.3) is 0 Å². The van der Waals surface area contributed by atoms with E-state index < -0.39 is 5.41 Å². The number of rotatable bonds is 5. The summed E-state index contributed by atoms with van der Waals surface area (Å²) in [7, 11) is 1.75. The van der Waals surface area contributed by atoms with E-state index in [4.69, 9.17) is 10.9 Å². The van der Waals surface area contributed by atoms with Gasteiger partial charge in [0.1, 0.15) is 5.41 Å². The van der Waals surface area contributed by atoms with Gasteiger partial charge in [-0.3, -0.25) is 4.79 Å². The average Bonchev–Trinajstić information content (AvgIpc) is 2.34. The van der Waals surface area contributed by atoms with Crippen LogP contribution in [0.1, 0.15) is 47.5 Å². The van der Waals surface area contributed by atoms with Crippen molar-refractivity contribution in [1.29, 1.82) is 0 Å². The third-order valence-corrected chi connectivity index (χ3v) is 3.93. The van der Waals surface area contributed by atoms with Crippen LogP contribution in [-0.4, -0.2) is 34.4 Å². The summed E-state index contributed by atoms with van der Waals surface area (Å²) in [5.41, 5.74) is 4.44. The normalized spacial score (nSPS) is 16.5. The second-order valence-corrected chi connectivity index (χ2v) is 5.20. The molecule has 5 heteroatoms. The van der Waals surface area contributed by atoms with Crippen LogP contribution in [0.3, 0.4) is 0 Å². The zero-order valence-corrected chi connectivity index (χ0v) is 11.7. The number of amidine groups is 1. The van der Waals surface area contributed by atoms with Gasteiger partial charge in [-0.2, -0.15) is 0 Å². The Morgan fingerprint density at radius 1 is 1.29 bits per heavy atom. The molecule has 0 fully saturated rings. The largest absolute Gasteiger partial charge is 0.409 e. The molecule has 0 heterocycles. The molecule has 0 spiro atoms. The molecule has 0 aliphatic rings. The summed E-state index contributed by atoms with van der Waals surface area (Å²) in [5, 5.41) is 11.8. The number of hydrogen-bond acceptors (Lipinski definition) is 3. The molecule has 1 atom stereocenters. The third kappa shape index (κ3) is 2.90. The van der Waals surface area contributed by atoms with E-state index in [9.17, 15) is 4.79 Å². The maximum Gasteiger partial charge on any atom is 0.236 e. The summed E-state index contributed by atoms with van der Waals surface area (Å²) >= 11 is 0. The molecule has 0 aliphatic heterocycles. The van der Waals surface area contributed by atoms with Crippen molar-refractivity contribution in [1.82, 2.24) is 4.90 Å². The summed E-state index contributed by atoms with van der Waals surface area (Å²) in [4.78, 5) is 14.1. The molecule has 0 bridgehead atoms. The van der Waals surface area contributed by atoms with Gasteiger partial charge in [-0.05, 0) is 33.6 Å². The lowest BCUT2D eigenvalue weighted by atomic mass is 9.83. The first-order chi connectivity index (χ1) is 7.67. The minimum absolute atomic E-state index is 0.0382. The van der Waals surface area contributed by atoms with Gasteiger partial charge < -0.3 is 15.8 Å². The number of carbonyl (C=O) groups is 1. The Labute approximate surface area is 104 Å². The van der Waals surface area contributed by atoms with Crippen LogP contribution in [0.2, 0.25) is 0 Å². The summed E-state index contributed by atoms with van der Waals surface area (Å²) in [6.45, 7) is 9.56. The third-order valence-electron chi connectivity index (χ3n) is 3.93. The molecular weight excluding hydrogens is 218 g/mol. The van der Waals surface area contributed by atoms with E-state index in [1.807, 2.05) is 27.7 Å². The topological polar surface area (TPSA) is 78.9 Å². The van der Waals surface area contributed by atoms with Crippen LogP contribution in [0.25, 0.3) is 0 Å². The summed E-state index contributed by atoms with van der Waals surface area (Å²) in [6.07, 6.45) is 1.33. The molecule has 0 saturated heterocycles. The standard InChI is InChI=1S/C12H25N3O2/c1-7-11(3,4)15(6)10(16)12(5,8-2)9(13)14-17/h17H,7-8H2,1-6H3,(H2,13,14). The summed E-state index contributed by atoms with van der Waals surface area (Å²) < 4.78 is 0. The summed E-state index contributed by atoms with van der Waals surface area (Å²) in [5.74, 6) is -0.161. The van der Waals surface area contributed by atoms with E-state index in [0.29, 0.717) is 6.42 Å². The maximum atomic E-state index is 12.5. The van der Waals surface area contributed by atoms with Gasteiger partial charge in [0.15, 0.2) is 5.84 Å². The predicted octanol–water partition coefficient (Wildman–Crippen LogP) is 1.80. The van der Waals surface area contributed by atoms with Crippen molar-refractivity contribution < 1.29 is 10.0 Å². The highest BCUT2D eigenvalue weighted by molar-refractivity contribution is 6.06. The first-order valence-corrected chi connectivity index (χ1v) is 5.93. The number of nitrogens with zero attached hydrogens (tertiary/aromatic N) is 2. The van der Waals surface area contributed by atoms with Crippen molar-refractivity contribution in [3.8, 4) is 0 Å². The van der Waals surface area contributed by atoms with E-state index in [1.54, 1.807) is 18.9 Å². The van der Waals surface area contributed by atoms with E-state index >= 15 is 0 Å². The van der Waals surface area contributed by atoms with Crippen molar-refractivity contribution >= 4 is 11.7 Å². The number of hydrogen-bond donors (Lipinski definition) is 2. The van der Waals surface area contributed by atoms with Gasteiger partial charge in [0.05, 0.1) is 0 Å². The van der Waals surface area contributed by atoms with Crippen LogP contribution >= 0.6 is 0 Å². The van der Waals surface area contributed by atoms with Crippen molar-refractivity contribution in [2.24, 2.45) is 16.3 Å². The van der Waals surface area contributed by atoms with Crippen molar-refractivity contribution in [2.45, 2.75) is 53.0 Å². The fourth-order valence-corrected chi connectivity index (χ4v) is 1.43. The highest BCUT2D eigenvalue weighted by atomic mass is 16.4. The molecule has 0 aromatic heterocycles. The quantitative estimate of drug-likeness (QED) is 0.334. The number of carbonyl (C=O) groups excluding carboxylic acids is 1. The second kappa shape index (κ2) is 5.38.